The number of nitrogens with one attached hydrogen (secondary N) is 1. The third kappa shape index (κ3) is 1.62. The van der Waals surface area contributed by atoms with Crippen molar-refractivity contribution in [1.82, 2.24) is 10.4 Å². The third-order valence-corrected chi connectivity index (χ3v) is 3.25. The first-order chi connectivity index (χ1) is 7.45. The van der Waals surface area contributed by atoms with Gasteiger partial charge in [-0.1, -0.05) is 24.6 Å². The Kier molecular flexibility index (Phi) is 2.35. The van der Waals surface area contributed by atoms with Gasteiger partial charge in [-0.3, -0.25) is 0 Å². The second kappa shape index (κ2) is 3.83. The quantitative estimate of drug-likeness (QED) is 0.752. The van der Waals surface area contributed by atoms with Crippen LogP contribution < -0.4 is 10.5 Å². The standard InChI is InChI=1S/C12H17N3/c1-4-8-14(9-5-1)15-12-7-3-2-6-11(12)10-13-15/h2-3,6-7,13H,1,4-5,8-10H2. The van der Waals surface area contributed by atoms with Gasteiger partial charge in [-0.15, -0.1) is 0 Å². The fourth-order valence-corrected chi connectivity index (χ4v) is 2.44. The van der Waals surface area contributed by atoms with Crippen LogP contribution in [0.1, 0.15) is 24.8 Å². The highest BCUT2D eigenvalue weighted by atomic mass is 15.8. The van der Waals surface area contributed by atoms with Gasteiger partial charge in [0.15, 0.2) is 0 Å². The molecular weight excluding hydrogens is 186 g/mol. The summed E-state index contributed by atoms with van der Waals surface area (Å²) in [7, 11) is 0. The number of nitrogens with zero attached hydrogens (tertiary/aromatic N) is 2. The maximum absolute atomic E-state index is 3.45. The molecule has 2 heterocycles. The number of hydrogen-bond acceptors (Lipinski definition) is 3. The van der Waals surface area contributed by atoms with Crippen LogP contribution in [0.5, 0.6) is 0 Å². The summed E-state index contributed by atoms with van der Waals surface area (Å²) < 4.78 is 0. The zero-order chi connectivity index (χ0) is 10.1. The van der Waals surface area contributed by atoms with Crippen LogP contribution in [0.25, 0.3) is 0 Å². The van der Waals surface area contributed by atoms with E-state index < -0.39 is 0 Å². The van der Waals surface area contributed by atoms with Crippen molar-refractivity contribution in [2.24, 2.45) is 0 Å². The van der Waals surface area contributed by atoms with E-state index in [2.05, 4.69) is 39.8 Å². The van der Waals surface area contributed by atoms with E-state index in [1.165, 1.54) is 43.6 Å². The minimum absolute atomic E-state index is 0.965. The molecule has 0 atom stereocenters. The Bertz CT molecular complexity index is 344. The molecular formula is C12H17N3. The third-order valence-electron chi connectivity index (χ3n) is 3.25. The molecule has 1 aromatic rings. The SMILES string of the molecule is c1ccc2c(c1)CNN2N1CCCCC1. The fourth-order valence-electron chi connectivity index (χ4n) is 2.44. The molecule has 1 saturated heterocycles. The molecule has 0 aromatic heterocycles. The molecule has 1 N–H and O–H groups in total. The van der Waals surface area contributed by atoms with Crippen molar-refractivity contribution in [3.8, 4) is 0 Å². The van der Waals surface area contributed by atoms with Gasteiger partial charge >= 0.3 is 0 Å². The molecule has 3 heteroatoms. The minimum atomic E-state index is 0.965. The van der Waals surface area contributed by atoms with Crippen LogP contribution in [-0.4, -0.2) is 18.1 Å². The lowest BCUT2D eigenvalue weighted by Crippen LogP contribution is -2.50. The van der Waals surface area contributed by atoms with Crippen molar-refractivity contribution in [2.75, 3.05) is 18.2 Å². The summed E-state index contributed by atoms with van der Waals surface area (Å²) in [5.41, 5.74) is 6.19. The maximum Gasteiger partial charge on any atom is 0.0750 e. The fraction of sp³-hybridized carbons (Fsp3) is 0.500. The molecule has 0 radical (unpaired) electrons. The van der Waals surface area contributed by atoms with Crippen molar-refractivity contribution in [1.29, 1.82) is 0 Å². The van der Waals surface area contributed by atoms with Crippen LogP contribution in [0.3, 0.4) is 0 Å². The second-order valence-electron chi connectivity index (χ2n) is 4.29. The highest BCUT2D eigenvalue weighted by Gasteiger charge is 2.24. The summed E-state index contributed by atoms with van der Waals surface area (Å²) in [6.07, 6.45) is 4.02. The Morgan fingerprint density at radius 3 is 2.67 bits per heavy atom. The Morgan fingerprint density at radius 2 is 1.80 bits per heavy atom. The zero-order valence-electron chi connectivity index (χ0n) is 8.95. The van der Waals surface area contributed by atoms with Gasteiger partial charge < -0.3 is 0 Å². The Balaban J connectivity index is 1.83. The molecule has 0 saturated carbocycles. The van der Waals surface area contributed by atoms with Crippen molar-refractivity contribution >= 4 is 5.69 Å². The van der Waals surface area contributed by atoms with E-state index in [4.69, 9.17) is 0 Å². The molecule has 1 fully saturated rings. The van der Waals surface area contributed by atoms with Crippen LogP contribution in [0.15, 0.2) is 24.3 Å². The molecule has 3 nitrogen and oxygen atoms in total. The number of benzene rings is 1. The number of hydrogen-bond donors (Lipinski definition) is 1. The Morgan fingerprint density at radius 1 is 1.00 bits per heavy atom. The molecule has 15 heavy (non-hydrogen) atoms. The predicted octanol–water partition coefficient (Wildman–Crippen LogP) is 1.91. The van der Waals surface area contributed by atoms with Crippen LogP contribution in [0.4, 0.5) is 5.69 Å². The average molecular weight is 203 g/mol. The summed E-state index contributed by atoms with van der Waals surface area (Å²) >= 11 is 0. The molecule has 0 amide bonds. The second-order valence-corrected chi connectivity index (χ2v) is 4.29. The normalized spacial score (nSPS) is 21.7. The number of fused-ring (bicyclic) bond motifs is 1. The molecule has 3 rings (SSSR count). The number of rotatable bonds is 1. The van der Waals surface area contributed by atoms with Crippen molar-refractivity contribution < 1.29 is 0 Å². The average Bonchev–Trinajstić information content (AvgIpc) is 2.74. The Labute approximate surface area is 90.6 Å². The first kappa shape index (κ1) is 9.19. The van der Waals surface area contributed by atoms with E-state index >= 15 is 0 Å². The smallest absolute Gasteiger partial charge is 0.0750 e. The summed E-state index contributed by atoms with van der Waals surface area (Å²) in [5.74, 6) is 0. The number of anilines is 1. The van der Waals surface area contributed by atoms with Crippen LogP contribution in [-0.2, 0) is 6.54 Å². The summed E-state index contributed by atoms with van der Waals surface area (Å²) in [6.45, 7) is 3.33. The minimum Gasteiger partial charge on any atom is -0.238 e. The van der Waals surface area contributed by atoms with Crippen molar-refractivity contribution in [3.63, 3.8) is 0 Å². The summed E-state index contributed by atoms with van der Waals surface area (Å²) in [5, 5.41) is 4.67. The molecule has 0 unspecified atom stereocenters. The van der Waals surface area contributed by atoms with Gasteiger partial charge in [0.1, 0.15) is 0 Å². The molecule has 2 aliphatic heterocycles. The van der Waals surface area contributed by atoms with E-state index in [0.717, 1.165) is 6.54 Å². The lowest BCUT2D eigenvalue weighted by molar-refractivity contribution is 0.189. The van der Waals surface area contributed by atoms with Crippen LogP contribution in [0.2, 0.25) is 0 Å². The first-order valence-corrected chi connectivity index (χ1v) is 5.81. The molecule has 0 spiro atoms. The predicted molar refractivity (Wildman–Crippen MR) is 61.2 cm³/mol. The van der Waals surface area contributed by atoms with Gasteiger partial charge in [-0.05, 0) is 24.5 Å². The summed E-state index contributed by atoms with van der Waals surface area (Å²) in [6, 6.07) is 8.62. The zero-order valence-corrected chi connectivity index (χ0v) is 8.95. The van der Waals surface area contributed by atoms with E-state index in [1.54, 1.807) is 0 Å². The highest BCUT2D eigenvalue weighted by molar-refractivity contribution is 5.55. The Hall–Kier alpha value is -1.06. The highest BCUT2D eigenvalue weighted by Crippen LogP contribution is 2.27. The number of piperidine rings is 1. The van der Waals surface area contributed by atoms with Gasteiger partial charge in [-0.25, -0.2) is 15.6 Å². The van der Waals surface area contributed by atoms with Crippen LogP contribution in [0, 0.1) is 0 Å². The van der Waals surface area contributed by atoms with E-state index in [0.29, 0.717) is 0 Å². The molecule has 1 aromatic carbocycles. The van der Waals surface area contributed by atoms with E-state index in [1.807, 2.05) is 0 Å². The molecule has 0 bridgehead atoms. The topological polar surface area (TPSA) is 18.5 Å². The lowest BCUT2D eigenvalue weighted by Gasteiger charge is -2.35. The van der Waals surface area contributed by atoms with E-state index in [9.17, 15) is 0 Å². The first-order valence-electron chi connectivity index (χ1n) is 5.81. The number of para-hydroxylation sites is 1. The van der Waals surface area contributed by atoms with Gasteiger partial charge in [0.25, 0.3) is 0 Å². The van der Waals surface area contributed by atoms with Gasteiger partial charge in [0.2, 0.25) is 0 Å². The molecule has 2 aliphatic rings. The van der Waals surface area contributed by atoms with Gasteiger partial charge in [0, 0.05) is 19.6 Å². The van der Waals surface area contributed by atoms with Crippen molar-refractivity contribution in [2.45, 2.75) is 25.8 Å². The van der Waals surface area contributed by atoms with Crippen molar-refractivity contribution in [3.05, 3.63) is 29.8 Å². The van der Waals surface area contributed by atoms with E-state index in [-0.39, 0.29) is 0 Å². The lowest BCUT2D eigenvalue weighted by atomic mass is 10.1. The molecule has 0 aliphatic carbocycles. The number of hydrazine groups is 2. The summed E-state index contributed by atoms with van der Waals surface area (Å²) in [4.78, 5) is 0. The monoisotopic (exact) mass is 203 g/mol. The van der Waals surface area contributed by atoms with Gasteiger partial charge in [0.05, 0.1) is 5.69 Å². The maximum atomic E-state index is 3.45. The molecule has 80 valence electrons. The van der Waals surface area contributed by atoms with Gasteiger partial charge in [-0.2, -0.15) is 0 Å². The largest absolute Gasteiger partial charge is 0.238 e. The van der Waals surface area contributed by atoms with Crippen LogP contribution >= 0.6 is 0 Å².